The largest absolute Gasteiger partial charge is 0.490 e. The van der Waals surface area contributed by atoms with Crippen molar-refractivity contribution in [1.82, 2.24) is 14.8 Å². The molecule has 2 fully saturated rings. The number of hydrogen-bond donors (Lipinski definition) is 3. The lowest BCUT2D eigenvalue weighted by atomic mass is 9.71. The Hall–Kier alpha value is -3.87. The normalized spacial score (nSPS) is 16.9. The average molecular weight is 682 g/mol. The van der Waals surface area contributed by atoms with Gasteiger partial charge in [0.1, 0.15) is 11.5 Å². The lowest BCUT2D eigenvalue weighted by molar-refractivity contribution is -0.193. The molecule has 3 N–H and O–H groups in total. The Morgan fingerprint density at radius 1 is 0.717 bits per heavy atom. The van der Waals surface area contributed by atoms with Gasteiger partial charge in [-0.3, -0.25) is 14.8 Å². The van der Waals surface area contributed by atoms with E-state index in [0.717, 1.165) is 24.6 Å². The second-order valence-corrected chi connectivity index (χ2v) is 10.3. The van der Waals surface area contributed by atoms with E-state index in [1.807, 2.05) is 19.2 Å². The van der Waals surface area contributed by atoms with Crippen molar-refractivity contribution < 1.29 is 73.6 Å². The summed E-state index contributed by atoms with van der Waals surface area (Å²) in [6, 6.07) is 10.4. The molecule has 4 rings (SSSR count). The highest BCUT2D eigenvalue weighted by atomic mass is 19.4. The SMILES string of the molecule is Cc1ccc(CN2CCC3(CCN(Cc4ccccn4)CC3)CC2)o1.O=C(O)C(F)(F)F.O=C(O)C(F)(F)F.O=C(O)C(F)(F)F. The molecule has 0 radical (unpaired) electrons. The van der Waals surface area contributed by atoms with E-state index < -0.39 is 36.4 Å². The van der Waals surface area contributed by atoms with Crippen molar-refractivity contribution in [2.45, 2.75) is 64.2 Å². The molecule has 2 aliphatic rings. The van der Waals surface area contributed by atoms with Crippen LogP contribution in [-0.4, -0.2) is 92.7 Å². The molecule has 0 atom stereocenters. The fourth-order valence-electron chi connectivity index (χ4n) is 4.38. The van der Waals surface area contributed by atoms with Gasteiger partial charge in [0.05, 0.1) is 12.2 Å². The predicted molar refractivity (Wildman–Crippen MR) is 140 cm³/mol. The first kappa shape index (κ1) is 40.2. The van der Waals surface area contributed by atoms with Crippen molar-refractivity contribution in [3.63, 3.8) is 0 Å². The monoisotopic (exact) mass is 681 g/mol. The Balaban J connectivity index is 0.000000413. The van der Waals surface area contributed by atoms with Gasteiger partial charge in [0.25, 0.3) is 0 Å². The maximum absolute atomic E-state index is 10.6. The number of pyridine rings is 1. The predicted octanol–water partition coefficient (Wildman–Crippen LogP) is 5.76. The maximum Gasteiger partial charge on any atom is 0.490 e. The van der Waals surface area contributed by atoms with Crippen LogP contribution in [0.5, 0.6) is 0 Å². The first-order valence-electron chi connectivity index (χ1n) is 13.3. The molecule has 2 aromatic rings. The first-order valence-corrected chi connectivity index (χ1v) is 13.3. The highest BCUT2D eigenvalue weighted by Crippen LogP contribution is 2.41. The Morgan fingerprint density at radius 3 is 1.41 bits per heavy atom. The van der Waals surface area contributed by atoms with Gasteiger partial charge in [-0.1, -0.05) is 6.07 Å². The topological polar surface area (TPSA) is 144 Å². The average Bonchev–Trinajstić information content (AvgIpc) is 3.36. The van der Waals surface area contributed by atoms with Gasteiger partial charge in [-0.05, 0) is 88.5 Å². The van der Waals surface area contributed by atoms with Crippen molar-refractivity contribution in [3.05, 3.63) is 53.7 Å². The third-order valence-electron chi connectivity index (χ3n) is 6.85. The minimum absolute atomic E-state index is 0.580. The Bertz CT molecular complexity index is 1170. The molecule has 2 saturated heterocycles. The number of halogens is 9. The fourth-order valence-corrected chi connectivity index (χ4v) is 4.38. The van der Waals surface area contributed by atoms with E-state index in [0.29, 0.717) is 5.41 Å². The molecule has 260 valence electrons. The van der Waals surface area contributed by atoms with E-state index in [-0.39, 0.29) is 0 Å². The van der Waals surface area contributed by atoms with Crippen LogP contribution in [0, 0.1) is 12.3 Å². The summed E-state index contributed by atoms with van der Waals surface area (Å²) in [7, 11) is 0. The van der Waals surface area contributed by atoms with Crippen LogP contribution in [0.1, 0.15) is 42.9 Å². The number of nitrogens with zero attached hydrogens (tertiary/aromatic N) is 3. The third kappa shape index (κ3) is 15.4. The number of likely N-dealkylation sites (tertiary alicyclic amines) is 2. The van der Waals surface area contributed by atoms with Crippen LogP contribution in [-0.2, 0) is 27.5 Å². The van der Waals surface area contributed by atoms with Crippen molar-refractivity contribution in [2.75, 3.05) is 26.2 Å². The zero-order valence-corrected chi connectivity index (χ0v) is 24.3. The smallest absolute Gasteiger partial charge is 0.475 e. The molecule has 0 amide bonds. The number of carbonyl (C=O) groups is 3. The number of aryl methyl sites for hydroxylation is 1. The van der Waals surface area contributed by atoms with Crippen LogP contribution in [0.2, 0.25) is 0 Å². The van der Waals surface area contributed by atoms with Crippen molar-refractivity contribution in [3.8, 4) is 0 Å². The summed E-state index contributed by atoms with van der Waals surface area (Å²) in [5.41, 5.74) is 1.78. The van der Waals surface area contributed by atoms with Crippen molar-refractivity contribution in [1.29, 1.82) is 0 Å². The van der Waals surface area contributed by atoms with Crippen LogP contribution < -0.4 is 0 Å². The molecule has 0 aliphatic carbocycles. The Morgan fingerprint density at radius 2 is 1.11 bits per heavy atom. The summed E-state index contributed by atoms with van der Waals surface area (Å²) < 4.78 is 101. The highest BCUT2D eigenvalue weighted by Gasteiger charge is 2.40. The summed E-state index contributed by atoms with van der Waals surface area (Å²) in [6.45, 7) is 8.84. The molecule has 0 bridgehead atoms. The van der Waals surface area contributed by atoms with E-state index in [2.05, 4.69) is 39.0 Å². The number of carboxylic acid groups (broad SMARTS) is 3. The third-order valence-corrected chi connectivity index (χ3v) is 6.85. The molecular weight excluding hydrogens is 649 g/mol. The second kappa shape index (κ2) is 17.2. The maximum atomic E-state index is 10.6. The summed E-state index contributed by atoms with van der Waals surface area (Å²) in [6.07, 6.45) is -7.99. The number of carboxylic acids is 3. The fraction of sp³-hybridized carbons (Fsp3) is 0.556. The van der Waals surface area contributed by atoms with Crippen LogP contribution >= 0.6 is 0 Å². The second-order valence-electron chi connectivity index (χ2n) is 10.3. The van der Waals surface area contributed by atoms with Gasteiger partial charge in [0.2, 0.25) is 0 Å². The first-order chi connectivity index (χ1) is 21.0. The minimum Gasteiger partial charge on any atom is -0.475 e. The highest BCUT2D eigenvalue weighted by molar-refractivity contribution is 5.73. The van der Waals surface area contributed by atoms with Crippen LogP contribution in [0.3, 0.4) is 0 Å². The Labute approximate surface area is 256 Å². The number of furan rings is 1. The van der Waals surface area contributed by atoms with Gasteiger partial charge in [0.15, 0.2) is 0 Å². The number of hydrogen-bond acceptors (Lipinski definition) is 7. The molecule has 2 aliphatic heterocycles. The lowest BCUT2D eigenvalue weighted by Gasteiger charge is -2.46. The number of piperidine rings is 2. The quantitative estimate of drug-likeness (QED) is 0.341. The van der Waals surface area contributed by atoms with E-state index in [9.17, 15) is 39.5 Å². The van der Waals surface area contributed by atoms with E-state index >= 15 is 0 Å². The zero-order chi connectivity index (χ0) is 35.3. The summed E-state index contributed by atoms with van der Waals surface area (Å²) in [4.78, 5) is 36.3. The molecule has 19 heteroatoms. The van der Waals surface area contributed by atoms with Gasteiger partial charge in [-0.2, -0.15) is 39.5 Å². The van der Waals surface area contributed by atoms with Crippen LogP contribution in [0.25, 0.3) is 0 Å². The number of aliphatic carboxylic acids is 3. The molecule has 46 heavy (non-hydrogen) atoms. The molecular formula is C27H32F9N3O7. The van der Waals surface area contributed by atoms with E-state index in [4.69, 9.17) is 34.1 Å². The summed E-state index contributed by atoms with van der Waals surface area (Å²) in [5, 5.41) is 21.4. The van der Waals surface area contributed by atoms with Gasteiger partial charge in [0, 0.05) is 12.7 Å². The van der Waals surface area contributed by atoms with Crippen LogP contribution in [0.15, 0.2) is 40.9 Å². The summed E-state index contributed by atoms with van der Waals surface area (Å²) >= 11 is 0. The van der Waals surface area contributed by atoms with Crippen molar-refractivity contribution in [2.24, 2.45) is 5.41 Å². The standard InChI is InChI=1S/C21H29N3O.3C2HF3O2/c1-18-5-6-20(25-18)17-24-14-9-21(10-15-24)7-12-23(13-8-21)16-19-4-2-3-11-22-19;3*3-2(4,5)1(6)7/h2-6,11H,7-10,12-17H2,1H3;3*(H,6,7). The number of alkyl halides is 9. The number of aromatic nitrogens is 1. The lowest BCUT2D eigenvalue weighted by Crippen LogP contribution is -2.46. The van der Waals surface area contributed by atoms with Gasteiger partial charge in [-0.15, -0.1) is 0 Å². The molecule has 4 heterocycles. The molecule has 0 aromatic carbocycles. The number of rotatable bonds is 4. The van der Waals surface area contributed by atoms with Gasteiger partial charge >= 0.3 is 36.4 Å². The molecule has 10 nitrogen and oxygen atoms in total. The van der Waals surface area contributed by atoms with Crippen molar-refractivity contribution >= 4 is 17.9 Å². The van der Waals surface area contributed by atoms with Gasteiger partial charge < -0.3 is 19.7 Å². The van der Waals surface area contributed by atoms with E-state index in [1.54, 1.807) is 0 Å². The zero-order valence-electron chi connectivity index (χ0n) is 24.3. The molecule has 0 unspecified atom stereocenters. The Kier molecular flexibility index (Phi) is 15.0. The van der Waals surface area contributed by atoms with E-state index in [1.165, 1.54) is 57.6 Å². The van der Waals surface area contributed by atoms with Gasteiger partial charge in [-0.25, -0.2) is 14.4 Å². The minimum atomic E-state index is -5.08. The van der Waals surface area contributed by atoms with Crippen LogP contribution in [0.4, 0.5) is 39.5 Å². The molecule has 2 aromatic heterocycles. The summed E-state index contributed by atoms with van der Waals surface area (Å²) in [5.74, 6) is -6.14. The molecule has 0 saturated carbocycles. The molecule has 1 spiro atoms.